The molecule has 3 nitrogen and oxygen atoms in total. The summed E-state index contributed by atoms with van der Waals surface area (Å²) >= 11 is 0. The Morgan fingerprint density at radius 3 is 2.69 bits per heavy atom. The molecule has 0 saturated carbocycles. The normalized spacial score (nSPS) is 26.8. The van der Waals surface area contributed by atoms with Gasteiger partial charge in [0.2, 0.25) is 5.91 Å². The molecule has 92 valence electrons. The van der Waals surface area contributed by atoms with Crippen molar-refractivity contribution in [2.24, 2.45) is 5.92 Å². The van der Waals surface area contributed by atoms with Crippen molar-refractivity contribution in [2.75, 3.05) is 26.2 Å². The minimum atomic E-state index is 0.394. The Hall–Kier alpha value is -0.570. The maximum Gasteiger partial charge on any atom is 0.222 e. The number of nitrogens with one attached hydrogen (secondary N) is 1. The van der Waals surface area contributed by atoms with E-state index in [1.807, 2.05) is 0 Å². The van der Waals surface area contributed by atoms with Crippen molar-refractivity contribution in [1.29, 1.82) is 0 Å². The third-order valence-corrected chi connectivity index (χ3v) is 3.87. The van der Waals surface area contributed by atoms with Gasteiger partial charge >= 0.3 is 0 Å². The first-order valence-corrected chi connectivity index (χ1v) is 6.85. The largest absolute Gasteiger partial charge is 0.343 e. The number of carbonyl (C=O) groups excluding carboxylic acids is 1. The minimum Gasteiger partial charge on any atom is -0.343 e. The zero-order valence-corrected chi connectivity index (χ0v) is 10.2. The van der Waals surface area contributed by atoms with Crippen LogP contribution >= 0.6 is 0 Å². The Labute approximate surface area is 98.6 Å². The Kier molecular flexibility index (Phi) is 4.64. The standard InChI is InChI=1S/C13H24N2O/c16-13(15-9-2-1-3-10-15)7-6-12-5-4-8-14-11-12/h12,14H,1-11H2/t12-/m0/s1. The number of hydrogen-bond donors (Lipinski definition) is 1. The van der Waals surface area contributed by atoms with E-state index in [4.69, 9.17) is 0 Å². The molecule has 0 aliphatic carbocycles. The first-order chi connectivity index (χ1) is 7.86. The van der Waals surface area contributed by atoms with Crippen LogP contribution in [0.15, 0.2) is 0 Å². The van der Waals surface area contributed by atoms with Crippen LogP contribution in [-0.2, 0) is 4.79 Å². The predicted molar refractivity (Wildman–Crippen MR) is 65.3 cm³/mol. The van der Waals surface area contributed by atoms with Crippen LogP contribution in [0.25, 0.3) is 0 Å². The second kappa shape index (κ2) is 6.24. The van der Waals surface area contributed by atoms with Gasteiger partial charge in [0.1, 0.15) is 0 Å². The minimum absolute atomic E-state index is 0.394. The van der Waals surface area contributed by atoms with Crippen LogP contribution in [0.4, 0.5) is 0 Å². The third-order valence-electron chi connectivity index (χ3n) is 3.87. The molecular formula is C13H24N2O. The first kappa shape index (κ1) is 11.9. The summed E-state index contributed by atoms with van der Waals surface area (Å²) in [5, 5.41) is 3.41. The van der Waals surface area contributed by atoms with Crippen LogP contribution in [0, 0.1) is 5.92 Å². The molecule has 2 fully saturated rings. The first-order valence-electron chi connectivity index (χ1n) is 6.85. The molecule has 1 N–H and O–H groups in total. The lowest BCUT2D eigenvalue weighted by atomic mass is 9.94. The summed E-state index contributed by atoms with van der Waals surface area (Å²) in [6.45, 7) is 4.29. The second-order valence-corrected chi connectivity index (χ2v) is 5.19. The molecular weight excluding hydrogens is 200 g/mol. The lowest BCUT2D eigenvalue weighted by molar-refractivity contribution is -0.132. The molecule has 0 aromatic carbocycles. The van der Waals surface area contributed by atoms with Gasteiger partial charge in [0, 0.05) is 19.5 Å². The highest BCUT2D eigenvalue weighted by atomic mass is 16.2. The number of amides is 1. The van der Waals surface area contributed by atoms with E-state index in [0.717, 1.165) is 44.9 Å². The van der Waals surface area contributed by atoms with E-state index in [2.05, 4.69) is 10.2 Å². The van der Waals surface area contributed by atoms with E-state index in [-0.39, 0.29) is 0 Å². The molecule has 1 atom stereocenters. The van der Waals surface area contributed by atoms with Crippen LogP contribution in [0.3, 0.4) is 0 Å². The van der Waals surface area contributed by atoms with E-state index < -0.39 is 0 Å². The number of nitrogens with zero attached hydrogens (tertiary/aromatic N) is 1. The molecule has 16 heavy (non-hydrogen) atoms. The highest BCUT2D eigenvalue weighted by Gasteiger charge is 2.19. The second-order valence-electron chi connectivity index (χ2n) is 5.19. The monoisotopic (exact) mass is 224 g/mol. The zero-order valence-electron chi connectivity index (χ0n) is 10.2. The summed E-state index contributed by atoms with van der Waals surface area (Å²) in [5.41, 5.74) is 0. The van der Waals surface area contributed by atoms with E-state index in [1.165, 1.54) is 32.1 Å². The highest BCUT2D eigenvalue weighted by Crippen LogP contribution is 2.17. The van der Waals surface area contributed by atoms with Gasteiger partial charge in [-0.15, -0.1) is 0 Å². The van der Waals surface area contributed by atoms with Crippen LogP contribution in [0.2, 0.25) is 0 Å². The highest BCUT2D eigenvalue weighted by molar-refractivity contribution is 5.76. The van der Waals surface area contributed by atoms with Gasteiger partial charge in [0.15, 0.2) is 0 Å². The van der Waals surface area contributed by atoms with Gasteiger partial charge in [-0.3, -0.25) is 4.79 Å². The molecule has 1 amide bonds. The quantitative estimate of drug-likeness (QED) is 0.792. The number of likely N-dealkylation sites (tertiary alicyclic amines) is 1. The van der Waals surface area contributed by atoms with Gasteiger partial charge in [-0.2, -0.15) is 0 Å². The van der Waals surface area contributed by atoms with Crippen molar-refractivity contribution in [2.45, 2.75) is 44.9 Å². The van der Waals surface area contributed by atoms with Crippen LogP contribution in [0.5, 0.6) is 0 Å². The van der Waals surface area contributed by atoms with Gasteiger partial charge in [-0.1, -0.05) is 0 Å². The van der Waals surface area contributed by atoms with E-state index >= 15 is 0 Å². The summed E-state index contributed by atoms with van der Waals surface area (Å²) in [6, 6.07) is 0. The molecule has 2 saturated heterocycles. The lowest BCUT2D eigenvalue weighted by Crippen LogP contribution is -2.36. The SMILES string of the molecule is O=C(CC[C@@H]1CCCNC1)N1CCCCC1. The molecule has 0 spiro atoms. The van der Waals surface area contributed by atoms with Crippen molar-refractivity contribution < 1.29 is 4.79 Å². The average Bonchev–Trinajstić information content (AvgIpc) is 2.38. The van der Waals surface area contributed by atoms with Crippen molar-refractivity contribution in [3.63, 3.8) is 0 Å². The summed E-state index contributed by atoms with van der Waals surface area (Å²) < 4.78 is 0. The number of hydrogen-bond acceptors (Lipinski definition) is 2. The molecule has 2 rings (SSSR count). The maximum atomic E-state index is 11.9. The molecule has 0 aromatic rings. The molecule has 0 radical (unpaired) electrons. The van der Waals surface area contributed by atoms with Crippen LogP contribution < -0.4 is 5.32 Å². The fourth-order valence-electron chi connectivity index (χ4n) is 2.80. The van der Waals surface area contributed by atoms with E-state index in [0.29, 0.717) is 5.91 Å². The van der Waals surface area contributed by atoms with Gasteiger partial charge in [0.25, 0.3) is 0 Å². The van der Waals surface area contributed by atoms with Gasteiger partial charge in [-0.25, -0.2) is 0 Å². The van der Waals surface area contributed by atoms with Crippen molar-refractivity contribution in [1.82, 2.24) is 10.2 Å². The van der Waals surface area contributed by atoms with E-state index in [1.54, 1.807) is 0 Å². The van der Waals surface area contributed by atoms with Crippen molar-refractivity contribution >= 4 is 5.91 Å². The summed E-state index contributed by atoms with van der Waals surface area (Å²) in [6.07, 6.45) is 8.15. The lowest BCUT2D eigenvalue weighted by Gasteiger charge is -2.28. The summed E-state index contributed by atoms with van der Waals surface area (Å²) in [4.78, 5) is 14.0. The smallest absolute Gasteiger partial charge is 0.222 e. The fraction of sp³-hybridized carbons (Fsp3) is 0.923. The number of carbonyl (C=O) groups is 1. The molecule has 2 aliphatic heterocycles. The van der Waals surface area contributed by atoms with Crippen molar-refractivity contribution in [3.8, 4) is 0 Å². The topological polar surface area (TPSA) is 32.3 Å². The molecule has 0 unspecified atom stereocenters. The Bertz CT molecular complexity index is 218. The predicted octanol–water partition coefficient (Wildman–Crippen LogP) is 1.78. The van der Waals surface area contributed by atoms with Gasteiger partial charge < -0.3 is 10.2 Å². The zero-order chi connectivity index (χ0) is 11.2. The van der Waals surface area contributed by atoms with Crippen LogP contribution in [-0.4, -0.2) is 37.0 Å². The fourth-order valence-corrected chi connectivity index (χ4v) is 2.80. The molecule has 2 aliphatic rings. The van der Waals surface area contributed by atoms with Gasteiger partial charge in [-0.05, 0) is 57.5 Å². The molecule has 0 aromatic heterocycles. The van der Waals surface area contributed by atoms with E-state index in [9.17, 15) is 4.79 Å². The number of piperidine rings is 2. The Morgan fingerprint density at radius 1 is 1.19 bits per heavy atom. The Morgan fingerprint density at radius 2 is 2.00 bits per heavy atom. The van der Waals surface area contributed by atoms with Crippen molar-refractivity contribution in [3.05, 3.63) is 0 Å². The Balaban J connectivity index is 1.65. The van der Waals surface area contributed by atoms with Gasteiger partial charge in [0.05, 0.1) is 0 Å². The molecule has 3 heteroatoms. The maximum absolute atomic E-state index is 11.9. The van der Waals surface area contributed by atoms with Crippen LogP contribution in [0.1, 0.15) is 44.9 Å². The molecule has 0 bridgehead atoms. The average molecular weight is 224 g/mol. The summed E-state index contributed by atoms with van der Waals surface area (Å²) in [7, 11) is 0. The number of rotatable bonds is 3. The summed E-state index contributed by atoms with van der Waals surface area (Å²) in [5.74, 6) is 1.13. The molecule has 2 heterocycles. The third kappa shape index (κ3) is 3.48.